The Labute approximate surface area is 60.2 Å². The first-order chi connectivity index (χ1) is 2.00. The molecule has 0 saturated carbocycles. The molecule has 0 aromatic rings. The third-order valence-corrected chi connectivity index (χ3v) is 0. The van der Waals surface area contributed by atoms with Gasteiger partial charge in [-0.2, -0.15) is 9.90 Å². The smallest absolute Gasteiger partial charge is 0.368 e. The molecule has 0 heterocycles. The molecular weight excluding hydrogens is 171 g/mol. The molecule has 0 saturated heterocycles. The van der Waals surface area contributed by atoms with Gasteiger partial charge in [0, 0.05) is 21.7 Å². The van der Waals surface area contributed by atoms with E-state index in [1.165, 1.54) is 0 Å². The molecule has 0 radical (unpaired) electrons. The van der Waals surface area contributed by atoms with Gasteiger partial charge < -0.3 is 19.2 Å². The fraction of sp³-hybridized carbons (Fsp3) is 0. The summed E-state index contributed by atoms with van der Waals surface area (Å²) in [5, 5.41) is 0. The Morgan fingerprint density at radius 3 is 0.857 bits per heavy atom. The van der Waals surface area contributed by atoms with Crippen LogP contribution in [0.5, 0.6) is 0 Å². The van der Waals surface area contributed by atoms with Crippen LogP contribution in [0, 0.1) is 0 Å². The van der Waals surface area contributed by atoms with E-state index in [1.54, 1.807) is 0 Å². The van der Waals surface area contributed by atoms with E-state index in [0.717, 1.165) is 0 Å². The molecule has 0 aliphatic heterocycles. The van der Waals surface area contributed by atoms with Crippen molar-refractivity contribution >= 4 is 18.9 Å². The SMILES string of the molecule is O[Si](O)(O)O.P.[Ti]. The molecule has 0 amide bonds. The maximum atomic E-state index is 7.33. The van der Waals surface area contributed by atoms with E-state index in [-0.39, 0.29) is 31.6 Å². The monoisotopic (exact) mass is 178 g/mol. The fourth-order valence-corrected chi connectivity index (χ4v) is 0. The predicted octanol–water partition coefficient (Wildman–Crippen LogP) is -2.55. The van der Waals surface area contributed by atoms with Crippen LogP contribution in [0.4, 0.5) is 0 Å². The van der Waals surface area contributed by atoms with Crippen LogP contribution in [0.25, 0.3) is 0 Å². The Bertz CT molecular complexity index is 27.2. The summed E-state index contributed by atoms with van der Waals surface area (Å²) in [5.41, 5.74) is 0. The maximum absolute atomic E-state index is 7.33. The minimum atomic E-state index is -4.61. The van der Waals surface area contributed by atoms with Crippen molar-refractivity contribution in [3.8, 4) is 0 Å². The van der Waals surface area contributed by atoms with Crippen LogP contribution in [0.15, 0.2) is 0 Å². The average molecular weight is 178 g/mol. The normalized spacial score (nSPS) is 8.57. The van der Waals surface area contributed by atoms with Crippen LogP contribution in [-0.2, 0) is 21.7 Å². The molecule has 7 heteroatoms. The van der Waals surface area contributed by atoms with E-state index in [1.807, 2.05) is 0 Å². The van der Waals surface area contributed by atoms with Gasteiger partial charge in [-0.15, -0.1) is 0 Å². The Balaban J connectivity index is -0.0000000800. The van der Waals surface area contributed by atoms with Crippen molar-refractivity contribution in [2.75, 3.05) is 0 Å². The second kappa shape index (κ2) is 5.34. The summed E-state index contributed by atoms with van der Waals surface area (Å²) in [4.78, 5) is 29.3. The fourth-order valence-electron chi connectivity index (χ4n) is 0. The molecule has 0 aliphatic rings. The zero-order chi connectivity index (χ0) is 4.50. The van der Waals surface area contributed by atoms with Crippen molar-refractivity contribution in [3.05, 3.63) is 0 Å². The van der Waals surface area contributed by atoms with E-state index in [9.17, 15) is 0 Å². The second-order valence-corrected chi connectivity index (χ2v) is 1.80. The summed E-state index contributed by atoms with van der Waals surface area (Å²) in [7, 11) is -4.61. The molecule has 0 bridgehead atoms. The van der Waals surface area contributed by atoms with E-state index in [0.29, 0.717) is 0 Å². The molecule has 0 rings (SSSR count). The van der Waals surface area contributed by atoms with E-state index >= 15 is 0 Å². The standard InChI is InChI=1S/H4O4Si.H3P.Ti/c1-5(2,3)4;;/h1-4H;1H3;. The molecule has 4 N–H and O–H groups in total. The van der Waals surface area contributed by atoms with Gasteiger partial charge in [0.2, 0.25) is 0 Å². The molecule has 0 spiro atoms. The van der Waals surface area contributed by atoms with Gasteiger partial charge in [-0.3, -0.25) is 0 Å². The minimum absolute atomic E-state index is 0. The molecule has 0 fully saturated rings. The minimum Gasteiger partial charge on any atom is -0.368 e. The van der Waals surface area contributed by atoms with Crippen LogP contribution in [0.1, 0.15) is 0 Å². The molecule has 0 aromatic carbocycles. The first kappa shape index (κ1) is 15.7. The molecule has 0 aromatic heterocycles. The number of hydrogen-bond acceptors (Lipinski definition) is 4. The van der Waals surface area contributed by atoms with Gasteiger partial charge in [0.15, 0.2) is 0 Å². The second-order valence-electron chi connectivity index (χ2n) is 0.600. The van der Waals surface area contributed by atoms with Crippen LogP contribution >= 0.6 is 9.90 Å². The molecule has 7 heavy (non-hydrogen) atoms. The molecule has 1 unspecified atom stereocenters. The quantitative estimate of drug-likeness (QED) is 0.243. The molecular formula is H7O4PSiTi. The van der Waals surface area contributed by atoms with E-state index in [2.05, 4.69) is 0 Å². The van der Waals surface area contributed by atoms with Crippen molar-refractivity contribution in [2.45, 2.75) is 0 Å². The third kappa shape index (κ3) is 135. The van der Waals surface area contributed by atoms with Gasteiger partial charge in [-0.1, -0.05) is 0 Å². The summed E-state index contributed by atoms with van der Waals surface area (Å²) in [6, 6.07) is 0. The first-order valence-electron chi connectivity index (χ1n) is 0.894. The van der Waals surface area contributed by atoms with E-state index in [4.69, 9.17) is 19.2 Å². The van der Waals surface area contributed by atoms with E-state index < -0.39 is 9.05 Å². The van der Waals surface area contributed by atoms with Gasteiger partial charge in [-0.05, 0) is 0 Å². The van der Waals surface area contributed by atoms with Gasteiger partial charge >= 0.3 is 9.05 Å². The molecule has 1 atom stereocenters. The summed E-state index contributed by atoms with van der Waals surface area (Å²) >= 11 is 0. The summed E-state index contributed by atoms with van der Waals surface area (Å²) < 4.78 is 0. The maximum Gasteiger partial charge on any atom is 0.668 e. The predicted molar refractivity (Wildman–Crippen MR) is 25.7 cm³/mol. The van der Waals surface area contributed by atoms with Gasteiger partial charge in [0.25, 0.3) is 0 Å². The summed E-state index contributed by atoms with van der Waals surface area (Å²) in [6.07, 6.45) is 0. The first-order valence-corrected chi connectivity index (χ1v) is 2.68. The van der Waals surface area contributed by atoms with Crippen molar-refractivity contribution in [1.29, 1.82) is 0 Å². The van der Waals surface area contributed by atoms with Crippen molar-refractivity contribution in [2.24, 2.45) is 0 Å². The van der Waals surface area contributed by atoms with Crippen molar-refractivity contribution < 1.29 is 40.9 Å². The van der Waals surface area contributed by atoms with Gasteiger partial charge in [0.05, 0.1) is 0 Å². The van der Waals surface area contributed by atoms with Crippen molar-refractivity contribution in [3.63, 3.8) is 0 Å². The third-order valence-electron chi connectivity index (χ3n) is 0. The molecule has 44 valence electrons. The summed E-state index contributed by atoms with van der Waals surface area (Å²) in [5.74, 6) is 0. The number of rotatable bonds is 0. The van der Waals surface area contributed by atoms with Gasteiger partial charge in [0.1, 0.15) is 0 Å². The van der Waals surface area contributed by atoms with Gasteiger partial charge in [-0.25, -0.2) is 0 Å². The van der Waals surface area contributed by atoms with Crippen LogP contribution < -0.4 is 0 Å². The number of hydrogen-bond donors (Lipinski definition) is 4. The topological polar surface area (TPSA) is 80.9 Å². The van der Waals surface area contributed by atoms with Crippen LogP contribution in [0.3, 0.4) is 0 Å². The zero-order valence-corrected chi connectivity index (χ0v) is 7.47. The molecule has 0 aliphatic carbocycles. The Hall–Kier alpha value is 1.20. The van der Waals surface area contributed by atoms with Crippen LogP contribution in [-0.4, -0.2) is 28.2 Å². The zero-order valence-electron chi connectivity index (χ0n) is 3.50. The average Bonchev–Trinajstić information content (AvgIpc) is 0.722. The Kier molecular flexibility index (Phi) is 12.0. The summed E-state index contributed by atoms with van der Waals surface area (Å²) in [6.45, 7) is 0. The van der Waals surface area contributed by atoms with Crippen LogP contribution in [0.2, 0.25) is 0 Å². The largest absolute Gasteiger partial charge is 0.668 e. The molecule has 4 nitrogen and oxygen atoms in total. The Morgan fingerprint density at radius 2 is 0.857 bits per heavy atom. The Morgan fingerprint density at radius 1 is 0.857 bits per heavy atom. The van der Waals surface area contributed by atoms with Crippen molar-refractivity contribution in [1.82, 2.24) is 0 Å².